The molecule has 0 aliphatic rings. The van der Waals surface area contributed by atoms with Crippen molar-refractivity contribution in [3.05, 3.63) is 45.4 Å². The minimum atomic E-state index is 0.322. The summed E-state index contributed by atoms with van der Waals surface area (Å²) in [5.41, 5.74) is 0.448. The fraction of sp³-hybridized carbons (Fsp3) is 0.0909. The van der Waals surface area contributed by atoms with E-state index in [4.69, 9.17) is 16.3 Å². The van der Waals surface area contributed by atoms with Gasteiger partial charge in [0.1, 0.15) is 17.4 Å². The fourth-order valence-corrected chi connectivity index (χ4v) is 1.99. The molecule has 0 fully saturated rings. The predicted molar refractivity (Wildman–Crippen MR) is 63.3 cm³/mol. The quantitative estimate of drug-likeness (QED) is 0.786. The number of para-hydroxylation sites is 1. The van der Waals surface area contributed by atoms with Crippen LogP contribution in [0.25, 0.3) is 0 Å². The molecule has 1 aromatic heterocycles. The van der Waals surface area contributed by atoms with Crippen LogP contribution in [-0.4, -0.2) is 11.3 Å². The molecule has 1 heterocycles. The second-order valence-corrected chi connectivity index (χ2v) is 4.38. The first-order valence-corrected chi connectivity index (χ1v) is 5.82. The Kier molecular flexibility index (Phi) is 3.54. The average molecular weight is 254 g/mol. The number of thiazole rings is 1. The Morgan fingerprint density at radius 1 is 1.50 bits per heavy atom. The van der Waals surface area contributed by atoms with E-state index >= 15 is 0 Å². The van der Waals surface area contributed by atoms with E-state index in [-0.39, 0.29) is 0 Å². The van der Waals surface area contributed by atoms with Crippen molar-refractivity contribution in [3.63, 3.8) is 0 Å². The lowest BCUT2D eigenvalue weighted by Crippen LogP contribution is -1.98. The lowest BCUT2D eigenvalue weighted by molar-refractivity contribution is 0.111. The number of hydrogen-bond acceptors (Lipinski definition) is 4. The Bertz CT molecular complexity index is 485. The lowest BCUT2D eigenvalue weighted by Gasteiger charge is -2.08. The zero-order valence-corrected chi connectivity index (χ0v) is 9.79. The van der Waals surface area contributed by atoms with Gasteiger partial charge in [0.15, 0.2) is 6.29 Å². The van der Waals surface area contributed by atoms with Crippen LogP contribution in [0.2, 0.25) is 5.02 Å². The Hall–Kier alpha value is -1.39. The summed E-state index contributed by atoms with van der Waals surface area (Å²) in [7, 11) is 0. The minimum absolute atomic E-state index is 0.322. The molecule has 3 nitrogen and oxygen atoms in total. The van der Waals surface area contributed by atoms with E-state index in [0.717, 1.165) is 11.3 Å². The molecule has 0 saturated heterocycles. The van der Waals surface area contributed by atoms with Crippen LogP contribution in [-0.2, 0) is 6.61 Å². The van der Waals surface area contributed by atoms with Crippen molar-refractivity contribution >= 4 is 29.2 Å². The summed E-state index contributed by atoms with van der Waals surface area (Å²) in [6.45, 7) is 0.322. The number of hydrogen-bond donors (Lipinski definition) is 0. The molecule has 0 saturated carbocycles. The maximum Gasteiger partial charge on any atom is 0.153 e. The highest BCUT2D eigenvalue weighted by molar-refractivity contribution is 7.09. The van der Waals surface area contributed by atoms with Crippen LogP contribution < -0.4 is 4.74 Å². The van der Waals surface area contributed by atoms with Gasteiger partial charge >= 0.3 is 0 Å². The van der Waals surface area contributed by atoms with Gasteiger partial charge in [-0.05, 0) is 12.1 Å². The van der Waals surface area contributed by atoms with E-state index in [1.54, 1.807) is 24.4 Å². The molecule has 0 unspecified atom stereocenters. The molecular formula is C11H8ClNO2S. The summed E-state index contributed by atoms with van der Waals surface area (Å²) in [5, 5.41) is 3.14. The number of ether oxygens (including phenoxy) is 1. The average Bonchev–Trinajstić information content (AvgIpc) is 2.80. The largest absolute Gasteiger partial charge is 0.484 e. The first-order chi connectivity index (χ1) is 7.81. The number of benzene rings is 1. The van der Waals surface area contributed by atoms with E-state index in [9.17, 15) is 4.79 Å². The Balaban J connectivity index is 2.17. The molecule has 0 atom stereocenters. The standard InChI is InChI=1S/C11H8ClNO2S/c12-9-3-1-2-8(6-14)11(9)15-7-10-13-4-5-16-10/h1-6H,7H2. The summed E-state index contributed by atoms with van der Waals surface area (Å²) in [6.07, 6.45) is 2.43. The molecule has 0 amide bonds. The molecule has 82 valence electrons. The molecule has 2 rings (SSSR count). The third-order valence-corrected chi connectivity index (χ3v) is 3.00. The van der Waals surface area contributed by atoms with Crippen LogP contribution in [0.15, 0.2) is 29.8 Å². The lowest BCUT2D eigenvalue weighted by atomic mass is 10.2. The van der Waals surface area contributed by atoms with Crippen LogP contribution in [0.1, 0.15) is 15.4 Å². The van der Waals surface area contributed by atoms with Crippen molar-refractivity contribution in [1.29, 1.82) is 0 Å². The highest BCUT2D eigenvalue weighted by atomic mass is 35.5. The van der Waals surface area contributed by atoms with E-state index in [2.05, 4.69) is 4.98 Å². The summed E-state index contributed by atoms with van der Waals surface area (Å²) in [6, 6.07) is 5.06. The van der Waals surface area contributed by atoms with Gasteiger partial charge in [0.2, 0.25) is 0 Å². The molecule has 5 heteroatoms. The monoisotopic (exact) mass is 253 g/mol. The van der Waals surface area contributed by atoms with Crippen LogP contribution in [0, 0.1) is 0 Å². The van der Waals surface area contributed by atoms with Crippen molar-refractivity contribution < 1.29 is 9.53 Å². The van der Waals surface area contributed by atoms with Crippen LogP contribution in [0.4, 0.5) is 0 Å². The minimum Gasteiger partial charge on any atom is -0.484 e. The summed E-state index contributed by atoms with van der Waals surface area (Å²) in [5.74, 6) is 0.411. The normalized spacial score (nSPS) is 10.1. The molecule has 1 aromatic carbocycles. The van der Waals surface area contributed by atoms with Gasteiger partial charge in [0.25, 0.3) is 0 Å². The van der Waals surface area contributed by atoms with Gasteiger partial charge in [-0.2, -0.15) is 0 Å². The summed E-state index contributed by atoms with van der Waals surface area (Å²) >= 11 is 7.44. The van der Waals surface area contributed by atoms with Gasteiger partial charge in [-0.1, -0.05) is 17.7 Å². The molecule has 0 radical (unpaired) electrons. The van der Waals surface area contributed by atoms with E-state index < -0.39 is 0 Å². The smallest absolute Gasteiger partial charge is 0.153 e. The predicted octanol–water partition coefficient (Wildman–Crippen LogP) is 3.19. The second-order valence-electron chi connectivity index (χ2n) is 2.99. The third-order valence-electron chi connectivity index (χ3n) is 1.95. The van der Waals surface area contributed by atoms with Gasteiger partial charge in [0, 0.05) is 11.6 Å². The van der Waals surface area contributed by atoms with Crippen molar-refractivity contribution in [2.45, 2.75) is 6.61 Å². The number of halogens is 1. The van der Waals surface area contributed by atoms with Gasteiger partial charge in [0.05, 0.1) is 10.6 Å². The molecule has 16 heavy (non-hydrogen) atoms. The van der Waals surface area contributed by atoms with Gasteiger partial charge in [-0.3, -0.25) is 4.79 Å². The summed E-state index contributed by atoms with van der Waals surface area (Å²) < 4.78 is 5.49. The van der Waals surface area contributed by atoms with Gasteiger partial charge in [-0.15, -0.1) is 11.3 Å². The third kappa shape index (κ3) is 2.40. The number of carbonyl (C=O) groups is 1. The van der Waals surface area contributed by atoms with Crippen molar-refractivity contribution in [2.24, 2.45) is 0 Å². The zero-order valence-electron chi connectivity index (χ0n) is 8.22. The maximum absolute atomic E-state index is 10.8. The molecule has 0 bridgehead atoms. The van der Waals surface area contributed by atoms with Gasteiger partial charge < -0.3 is 4.74 Å². The number of aldehydes is 1. The first kappa shape index (κ1) is 11.1. The van der Waals surface area contributed by atoms with Crippen molar-refractivity contribution in [2.75, 3.05) is 0 Å². The summed E-state index contributed by atoms with van der Waals surface area (Å²) in [4.78, 5) is 14.9. The maximum atomic E-state index is 10.8. The van der Waals surface area contributed by atoms with Crippen molar-refractivity contribution in [1.82, 2.24) is 4.98 Å². The van der Waals surface area contributed by atoms with Crippen molar-refractivity contribution in [3.8, 4) is 5.75 Å². The Labute approximate surface area is 102 Å². The zero-order chi connectivity index (χ0) is 11.4. The SMILES string of the molecule is O=Cc1cccc(Cl)c1OCc1nccs1. The highest BCUT2D eigenvalue weighted by Crippen LogP contribution is 2.28. The fourth-order valence-electron chi connectivity index (χ4n) is 1.23. The second kappa shape index (κ2) is 5.09. The molecule has 0 aliphatic carbocycles. The molecule has 0 spiro atoms. The molecule has 0 N–H and O–H groups in total. The van der Waals surface area contributed by atoms with Crippen LogP contribution in [0.5, 0.6) is 5.75 Å². The first-order valence-electron chi connectivity index (χ1n) is 4.56. The molecule has 0 aliphatic heterocycles. The van der Waals surface area contributed by atoms with E-state index in [1.807, 2.05) is 5.38 Å². The highest BCUT2D eigenvalue weighted by Gasteiger charge is 2.08. The Morgan fingerprint density at radius 3 is 3.06 bits per heavy atom. The number of rotatable bonds is 4. The van der Waals surface area contributed by atoms with Gasteiger partial charge in [-0.25, -0.2) is 4.98 Å². The number of aromatic nitrogens is 1. The van der Waals surface area contributed by atoms with E-state index in [0.29, 0.717) is 22.9 Å². The van der Waals surface area contributed by atoms with Crippen LogP contribution >= 0.6 is 22.9 Å². The molecule has 2 aromatic rings. The van der Waals surface area contributed by atoms with Crippen LogP contribution in [0.3, 0.4) is 0 Å². The van der Waals surface area contributed by atoms with E-state index in [1.165, 1.54) is 11.3 Å². The Morgan fingerprint density at radius 2 is 2.38 bits per heavy atom. The molecular weight excluding hydrogens is 246 g/mol. The number of nitrogens with zero attached hydrogens (tertiary/aromatic N) is 1. The number of carbonyl (C=O) groups excluding carboxylic acids is 1. The topological polar surface area (TPSA) is 39.2 Å².